The zero-order valence-corrected chi connectivity index (χ0v) is 12.7. The van der Waals surface area contributed by atoms with Gasteiger partial charge in [0.05, 0.1) is 18.4 Å². The molecule has 4 heteroatoms. The molecule has 0 spiro atoms. The molecule has 0 amide bonds. The minimum absolute atomic E-state index is 0.129. The van der Waals surface area contributed by atoms with E-state index in [-0.39, 0.29) is 5.60 Å². The monoisotopic (exact) mass is 253 g/mol. The van der Waals surface area contributed by atoms with Gasteiger partial charge in [0, 0.05) is 6.54 Å². The van der Waals surface area contributed by atoms with Crippen LogP contribution < -0.4 is 0 Å². The second kappa shape index (κ2) is 5.83. The van der Waals surface area contributed by atoms with Crippen LogP contribution in [0.2, 0.25) is 0 Å². The maximum Gasteiger partial charge on any atom is 0.108 e. The molecule has 0 aliphatic carbocycles. The Hall–Kier alpha value is -0.900. The van der Waals surface area contributed by atoms with Gasteiger partial charge in [-0.1, -0.05) is 26.0 Å². The molecule has 0 radical (unpaired) electrons. The second-order valence-electron chi connectivity index (χ2n) is 7.04. The lowest BCUT2D eigenvalue weighted by Gasteiger charge is -2.18. The maximum absolute atomic E-state index is 5.67. The zero-order valence-electron chi connectivity index (χ0n) is 12.7. The van der Waals surface area contributed by atoms with E-state index in [1.165, 1.54) is 6.42 Å². The van der Waals surface area contributed by atoms with Gasteiger partial charge in [0.2, 0.25) is 0 Å². The first-order valence-electron chi connectivity index (χ1n) is 6.69. The van der Waals surface area contributed by atoms with E-state index in [4.69, 9.17) is 4.74 Å². The molecule has 0 aromatic carbocycles. The molecule has 104 valence electrons. The van der Waals surface area contributed by atoms with Gasteiger partial charge in [-0.15, -0.1) is 5.10 Å². The third kappa shape index (κ3) is 6.74. The van der Waals surface area contributed by atoms with Gasteiger partial charge in [0.25, 0.3) is 0 Å². The minimum Gasteiger partial charge on any atom is -0.369 e. The summed E-state index contributed by atoms with van der Waals surface area (Å²) < 4.78 is 7.58. The SMILES string of the molecule is CC(C)(C)CCCn1cc(COC(C)(C)C)nn1. The van der Waals surface area contributed by atoms with Gasteiger partial charge in [-0.05, 0) is 39.0 Å². The normalized spacial score (nSPS) is 13.0. The first-order valence-corrected chi connectivity index (χ1v) is 6.69. The number of nitrogens with zero attached hydrogens (tertiary/aromatic N) is 3. The number of aromatic nitrogens is 3. The Morgan fingerprint density at radius 3 is 2.39 bits per heavy atom. The lowest BCUT2D eigenvalue weighted by Crippen LogP contribution is -2.18. The van der Waals surface area contributed by atoms with Crippen LogP contribution in [0.15, 0.2) is 6.20 Å². The van der Waals surface area contributed by atoms with Crippen molar-refractivity contribution < 1.29 is 4.74 Å². The lowest BCUT2D eigenvalue weighted by atomic mass is 9.91. The van der Waals surface area contributed by atoms with Crippen LogP contribution >= 0.6 is 0 Å². The fourth-order valence-electron chi connectivity index (χ4n) is 1.58. The Morgan fingerprint density at radius 1 is 1.17 bits per heavy atom. The molecule has 1 aromatic rings. The maximum atomic E-state index is 5.67. The Bertz CT molecular complexity index is 358. The summed E-state index contributed by atoms with van der Waals surface area (Å²) in [4.78, 5) is 0. The fourth-order valence-corrected chi connectivity index (χ4v) is 1.58. The van der Waals surface area contributed by atoms with Crippen molar-refractivity contribution in [2.24, 2.45) is 5.41 Å². The second-order valence-corrected chi connectivity index (χ2v) is 7.04. The van der Waals surface area contributed by atoms with Crippen LogP contribution in [0, 0.1) is 5.41 Å². The molecule has 0 N–H and O–H groups in total. The summed E-state index contributed by atoms with van der Waals surface area (Å²) in [6, 6.07) is 0. The van der Waals surface area contributed by atoms with Crippen LogP contribution in [0.25, 0.3) is 0 Å². The standard InChI is InChI=1S/C14H27N3O/c1-13(2,3)8-7-9-17-10-12(15-16-17)11-18-14(4,5)6/h10H,7-9,11H2,1-6H3. The minimum atomic E-state index is -0.129. The quantitative estimate of drug-likeness (QED) is 0.807. The third-order valence-electron chi connectivity index (χ3n) is 2.55. The molecule has 1 heterocycles. The summed E-state index contributed by atoms with van der Waals surface area (Å²) in [7, 11) is 0. The van der Waals surface area contributed by atoms with E-state index >= 15 is 0 Å². The molecule has 0 aliphatic heterocycles. The van der Waals surface area contributed by atoms with E-state index in [1.54, 1.807) is 0 Å². The van der Waals surface area contributed by atoms with Crippen molar-refractivity contribution in [1.82, 2.24) is 15.0 Å². The summed E-state index contributed by atoms with van der Waals surface area (Å²) in [5.41, 5.74) is 1.16. The van der Waals surface area contributed by atoms with Crippen molar-refractivity contribution in [3.63, 3.8) is 0 Å². The van der Waals surface area contributed by atoms with Crippen molar-refractivity contribution in [2.75, 3.05) is 0 Å². The first kappa shape index (κ1) is 15.2. The number of rotatable bonds is 5. The number of hydrogen-bond acceptors (Lipinski definition) is 3. The average molecular weight is 253 g/mol. The molecule has 1 aromatic heterocycles. The van der Waals surface area contributed by atoms with E-state index in [9.17, 15) is 0 Å². The van der Waals surface area contributed by atoms with E-state index < -0.39 is 0 Å². The topological polar surface area (TPSA) is 39.9 Å². The highest BCUT2D eigenvalue weighted by molar-refractivity contribution is 4.90. The largest absolute Gasteiger partial charge is 0.369 e. The Kier molecular flexibility index (Phi) is 4.91. The predicted octanol–water partition coefficient (Wildman–Crippen LogP) is 3.42. The van der Waals surface area contributed by atoms with Gasteiger partial charge in [-0.25, -0.2) is 0 Å². The van der Waals surface area contributed by atoms with Crippen LogP contribution in [0.1, 0.15) is 60.1 Å². The molecule has 0 saturated carbocycles. The predicted molar refractivity (Wildman–Crippen MR) is 73.3 cm³/mol. The van der Waals surface area contributed by atoms with Gasteiger partial charge in [0.15, 0.2) is 0 Å². The molecule has 0 saturated heterocycles. The van der Waals surface area contributed by atoms with Crippen molar-refractivity contribution in [3.05, 3.63) is 11.9 Å². The van der Waals surface area contributed by atoms with E-state index in [1.807, 2.05) is 31.6 Å². The molecule has 0 atom stereocenters. The third-order valence-corrected chi connectivity index (χ3v) is 2.55. The number of ether oxygens (including phenoxy) is 1. The molecule has 0 bridgehead atoms. The molecular weight excluding hydrogens is 226 g/mol. The smallest absolute Gasteiger partial charge is 0.108 e. The summed E-state index contributed by atoms with van der Waals surface area (Å²) in [5, 5.41) is 8.25. The molecular formula is C14H27N3O. The van der Waals surface area contributed by atoms with Crippen LogP contribution in [-0.2, 0) is 17.9 Å². The highest BCUT2D eigenvalue weighted by Gasteiger charge is 2.12. The van der Waals surface area contributed by atoms with Crippen LogP contribution in [0.4, 0.5) is 0 Å². The number of hydrogen-bond donors (Lipinski definition) is 0. The Labute approximate surface area is 111 Å². The van der Waals surface area contributed by atoms with Crippen LogP contribution in [-0.4, -0.2) is 20.6 Å². The van der Waals surface area contributed by atoms with Gasteiger partial charge >= 0.3 is 0 Å². The van der Waals surface area contributed by atoms with Crippen LogP contribution in [0.5, 0.6) is 0 Å². The summed E-state index contributed by atoms with van der Waals surface area (Å²) in [5.74, 6) is 0. The molecule has 0 fully saturated rings. The Balaban J connectivity index is 2.35. The molecule has 0 aliphatic rings. The molecule has 1 rings (SSSR count). The van der Waals surface area contributed by atoms with Crippen LogP contribution in [0.3, 0.4) is 0 Å². The highest BCUT2D eigenvalue weighted by Crippen LogP contribution is 2.20. The lowest BCUT2D eigenvalue weighted by molar-refractivity contribution is -0.0165. The van der Waals surface area contributed by atoms with E-state index in [0.717, 1.165) is 18.7 Å². The van der Waals surface area contributed by atoms with E-state index in [2.05, 4.69) is 31.1 Å². The molecule has 18 heavy (non-hydrogen) atoms. The van der Waals surface area contributed by atoms with Gasteiger partial charge < -0.3 is 4.74 Å². The van der Waals surface area contributed by atoms with Crippen molar-refractivity contribution in [2.45, 2.75) is 73.1 Å². The van der Waals surface area contributed by atoms with Gasteiger partial charge in [0.1, 0.15) is 5.69 Å². The molecule has 4 nitrogen and oxygen atoms in total. The van der Waals surface area contributed by atoms with Gasteiger partial charge in [-0.3, -0.25) is 4.68 Å². The van der Waals surface area contributed by atoms with E-state index in [0.29, 0.717) is 12.0 Å². The van der Waals surface area contributed by atoms with Crippen molar-refractivity contribution in [1.29, 1.82) is 0 Å². The number of aryl methyl sites for hydroxylation is 1. The zero-order chi connectivity index (χ0) is 13.8. The Morgan fingerprint density at radius 2 is 1.83 bits per heavy atom. The van der Waals surface area contributed by atoms with Gasteiger partial charge in [-0.2, -0.15) is 0 Å². The highest BCUT2D eigenvalue weighted by atomic mass is 16.5. The summed E-state index contributed by atoms with van der Waals surface area (Å²) in [6.07, 6.45) is 4.31. The average Bonchev–Trinajstić information content (AvgIpc) is 2.60. The first-order chi connectivity index (χ1) is 8.16. The summed E-state index contributed by atoms with van der Waals surface area (Å²) in [6.45, 7) is 14.4. The fraction of sp³-hybridized carbons (Fsp3) is 0.857. The molecule has 0 unspecified atom stereocenters. The van der Waals surface area contributed by atoms with Crippen molar-refractivity contribution in [3.8, 4) is 0 Å². The van der Waals surface area contributed by atoms with Crippen molar-refractivity contribution >= 4 is 0 Å². The summed E-state index contributed by atoms with van der Waals surface area (Å²) >= 11 is 0.